The van der Waals surface area contributed by atoms with Crippen LogP contribution in [0.3, 0.4) is 0 Å². The van der Waals surface area contributed by atoms with Crippen LogP contribution in [-0.4, -0.2) is 36.5 Å². The summed E-state index contributed by atoms with van der Waals surface area (Å²) in [5, 5.41) is 2.84. The lowest BCUT2D eigenvalue weighted by Crippen LogP contribution is -2.42. The highest BCUT2D eigenvalue weighted by molar-refractivity contribution is 6.13. The number of benzene rings is 3. The second-order valence-corrected chi connectivity index (χ2v) is 8.71. The fraction of sp³-hybridized carbons (Fsp3) is 0.250. The Morgan fingerprint density at radius 2 is 1.26 bits per heavy atom. The van der Waals surface area contributed by atoms with Crippen LogP contribution in [0.2, 0.25) is 0 Å². The molecule has 0 heterocycles. The molecule has 0 aliphatic carbocycles. The molecule has 0 aliphatic rings. The standard InChI is InChI=1S/C28H30N2O4/c1-28(2,3)34-27(32)30-24(22-18-12-7-13-19-22)25(26(31)33-4)29-23(20-14-8-5-9-15-20)21-16-10-6-11-17-21/h5-19,24-25H,1-4H3,(H,30,32)/t24-,25+/m0/s1. The van der Waals surface area contributed by atoms with Gasteiger partial charge in [0.15, 0.2) is 6.04 Å². The van der Waals surface area contributed by atoms with Crippen LogP contribution in [0.4, 0.5) is 4.79 Å². The van der Waals surface area contributed by atoms with Gasteiger partial charge in [-0.15, -0.1) is 0 Å². The highest BCUT2D eigenvalue weighted by Crippen LogP contribution is 2.24. The molecule has 6 heteroatoms. The minimum absolute atomic E-state index is 0.575. The third kappa shape index (κ3) is 6.78. The van der Waals surface area contributed by atoms with E-state index in [0.717, 1.165) is 11.1 Å². The molecule has 1 amide bonds. The van der Waals surface area contributed by atoms with Gasteiger partial charge in [0, 0.05) is 11.1 Å². The van der Waals surface area contributed by atoms with Gasteiger partial charge in [0.1, 0.15) is 5.60 Å². The molecule has 3 rings (SSSR count). The monoisotopic (exact) mass is 458 g/mol. The number of carbonyl (C=O) groups excluding carboxylic acids is 2. The molecular weight excluding hydrogens is 428 g/mol. The van der Waals surface area contributed by atoms with Gasteiger partial charge in [-0.2, -0.15) is 0 Å². The lowest BCUT2D eigenvalue weighted by molar-refractivity contribution is -0.142. The predicted octanol–water partition coefficient (Wildman–Crippen LogP) is 5.33. The van der Waals surface area contributed by atoms with Crippen molar-refractivity contribution in [3.8, 4) is 0 Å². The molecule has 0 unspecified atom stereocenters. The Labute approximate surface area is 200 Å². The number of esters is 1. The molecule has 0 aliphatic heterocycles. The van der Waals surface area contributed by atoms with Crippen LogP contribution in [0.15, 0.2) is 96.0 Å². The van der Waals surface area contributed by atoms with Crippen LogP contribution >= 0.6 is 0 Å². The molecule has 0 aromatic heterocycles. The summed E-state index contributed by atoms with van der Waals surface area (Å²) in [6.45, 7) is 5.34. The van der Waals surface area contributed by atoms with E-state index in [1.807, 2.05) is 91.0 Å². The number of ether oxygens (including phenoxy) is 2. The van der Waals surface area contributed by atoms with Crippen LogP contribution in [-0.2, 0) is 14.3 Å². The van der Waals surface area contributed by atoms with Crippen molar-refractivity contribution in [2.75, 3.05) is 7.11 Å². The van der Waals surface area contributed by atoms with Crippen molar-refractivity contribution >= 4 is 17.8 Å². The van der Waals surface area contributed by atoms with Gasteiger partial charge >= 0.3 is 12.1 Å². The van der Waals surface area contributed by atoms with Crippen LogP contribution in [0, 0.1) is 0 Å². The van der Waals surface area contributed by atoms with E-state index >= 15 is 0 Å². The Bertz CT molecular complexity index is 1070. The summed E-state index contributed by atoms with van der Waals surface area (Å²) in [7, 11) is 1.31. The van der Waals surface area contributed by atoms with Gasteiger partial charge in [-0.3, -0.25) is 4.99 Å². The summed E-state index contributed by atoms with van der Waals surface area (Å²) in [4.78, 5) is 30.7. The van der Waals surface area contributed by atoms with E-state index in [0.29, 0.717) is 11.3 Å². The molecule has 0 fully saturated rings. The van der Waals surface area contributed by atoms with Crippen LogP contribution < -0.4 is 5.32 Å². The second-order valence-electron chi connectivity index (χ2n) is 8.71. The number of carbonyl (C=O) groups is 2. The minimum Gasteiger partial charge on any atom is -0.467 e. The Kier molecular flexibility index (Phi) is 8.19. The summed E-state index contributed by atoms with van der Waals surface area (Å²) in [6, 6.07) is 26.5. The van der Waals surface area contributed by atoms with Gasteiger partial charge in [0.25, 0.3) is 0 Å². The fourth-order valence-electron chi connectivity index (χ4n) is 3.47. The van der Waals surface area contributed by atoms with E-state index in [2.05, 4.69) is 5.32 Å². The number of hydrogen-bond acceptors (Lipinski definition) is 5. The third-order valence-electron chi connectivity index (χ3n) is 4.95. The highest BCUT2D eigenvalue weighted by Gasteiger charge is 2.33. The summed E-state index contributed by atoms with van der Waals surface area (Å²) in [5.41, 5.74) is 2.30. The number of alkyl carbamates (subject to hydrolysis) is 1. The number of hydrogen-bond donors (Lipinski definition) is 1. The van der Waals surface area contributed by atoms with E-state index in [-0.39, 0.29) is 0 Å². The highest BCUT2D eigenvalue weighted by atomic mass is 16.6. The maximum Gasteiger partial charge on any atom is 0.408 e. The first-order valence-corrected chi connectivity index (χ1v) is 11.1. The molecule has 0 radical (unpaired) electrons. The smallest absolute Gasteiger partial charge is 0.408 e. The first-order valence-electron chi connectivity index (χ1n) is 11.1. The zero-order valence-corrected chi connectivity index (χ0v) is 19.9. The molecule has 2 atom stereocenters. The van der Waals surface area contributed by atoms with Crippen molar-refractivity contribution < 1.29 is 19.1 Å². The third-order valence-corrected chi connectivity index (χ3v) is 4.95. The molecular formula is C28H30N2O4. The molecule has 3 aromatic rings. The molecule has 176 valence electrons. The lowest BCUT2D eigenvalue weighted by atomic mass is 9.97. The van der Waals surface area contributed by atoms with Crippen molar-refractivity contribution in [2.45, 2.75) is 38.5 Å². The van der Waals surface area contributed by atoms with Crippen molar-refractivity contribution in [1.29, 1.82) is 0 Å². The van der Waals surface area contributed by atoms with E-state index in [1.54, 1.807) is 20.8 Å². The van der Waals surface area contributed by atoms with Crippen molar-refractivity contribution in [3.63, 3.8) is 0 Å². The Morgan fingerprint density at radius 3 is 1.71 bits per heavy atom. The topological polar surface area (TPSA) is 77.0 Å². The molecule has 1 N–H and O–H groups in total. The number of nitrogens with one attached hydrogen (secondary N) is 1. The molecule has 0 bridgehead atoms. The zero-order chi connectivity index (χ0) is 24.6. The quantitative estimate of drug-likeness (QED) is 0.383. The van der Waals surface area contributed by atoms with Gasteiger partial charge in [-0.1, -0.05) is 91.0 Å². The van der Waals surface area contributed by atoms with Gasteiger partial charge < -0.3 is 14.8 Å². The van der Waals surface area contributed by atoms with Crippen molar-refractivity contribution in [1.82, 2.24) is 5.32 Å². The second kappa shape index (κ2) is 11.3. The molecule has 6 nitrogen and oxygen atoms in total. The largest absolute Gasteiger partial charge is 0.467 e. The average Bonchev–Trinajstić information content (AvgIpc) is 2.84. The van der Waals surface area contributed by atoms with Crippen LogP contribution in [0.1, 0.15) is 43.5 Å². The number of aliphatic imine (C=N–C) groups is 1. The van der Waals surface area contributed by atoms with Crippen molar-refractivity contribution in [3.05, 3.63) is 108 Å². The zero-order valence-electron chi connectivity index (χ0n) is 19.9. The van der Waals surface area contributed by atoms with Crippen LogP contribution in [0.5, 0.6) is 0 Å². The number of rotatable bonds is 7. The van der Waals surface area contributed by atoms with Gasteiger partial charge in [-0.05, 0) is 26.3 Å². The maximum atomic E-state index is 13.1. The Morgan fingerprint density at radius 1 is 0.794 bits per heavy atom. The molecule has 0 spiro atoms. The Balaban J connectivity index is 2.14. The van der Waals surface area contributed by atoms with Gasteiger partial charge in [0.2, 0.25) is 0 Å². The number of methoxy groups -OCH3 is 1. The summed E-state index contributed by atoms with van der Waals surface area (Å²) in [5.74, 6) is -0.575. The molecule has 0 saturated carbocycles. The summed E-state index contributed by atoms with van der Waals surface area (Å²) >= 11 is 0. The predicted molar refractivity (Wildman–Crippen MR) is 133 cm³/mol. The number of nitrogens with zero attached hydrogens (tertiary/aromatic N) is 1. The summed E-state index contributed by atoms with van der Waals surface area (Å²) in [6.07, 6.45) is -0.647. The maximum absolute atomic E-state index is 13.1. The summed E-state index contributed by atoms with van der Waals surface area (Å²) < 4.78 is 10.6. The first-order chi connectivity index (χ1) is 16.3. The molecule has 34 heavy (non-hydrogen) atoms. The lowest BCUT2D eigenvalue weighted by Gasteiger charge is -2.27. The normalized spacial score (nSPS) is 12.7. The van der Waals surface area contributed by atoms with Gasteiger partial charge in [-0.25, -0.2) is 9.59 Å². The fourth-order valence-corrected chi connectivity index (χ4v) is 3.47. The first kappa shape index (κ1) is 24.7. The number of amides is 1. The van der Waals surface area contributed by atoms with Gasteiger partial charge in [0.05, 0.1) is 18.9 Å². The SMILES string of the molecule is COC(=O)[C@H](N=C(c1ccccc1)c1ccccc1)[C@@H](NC(=O)OC(C)(C)C)c1ccccc1. The van der Waals surface area contributed by atoms with Crippen LogP contribution in [0.25, 0.3) is 0 Å². The average molecular weight is 459 g/mol. The van der Waals surface area contributed by atoms with E-state index in [4.69, 9.17) is 14.5 Å². The van der Waals surface area contributed by atoms with Crippen molar-refractivity contribution in [2.24, 2.45) is 4.99 Å². The van der Waals surface area contributed by atoms with E-state index in [9.17, 15) is 9.59 Å². The Hall–Kier alpha value is -3.93. The van der Waals surface area contributed by atoms with E-state index < -0.39 is 29.7 Å². The minimum atomic E-state index is -1.06. The van der Waals surface area contributed by atoms with E-state index in [1.165, 1.54) is 7.11 Å². The molecule has 3 aromatic carbocycles. The molecule has 0 saturated heterocycles.